The van der Waals surface area contributed by atoms with Crippen molar-refractivity contribution in [3.63, 3.8) is 0 Å². The second kappa shape index (κ2) is 12.9. The molecule has 0 saturated carbocycles. The molecule has 0 spiro atoms. The molecule has 2 unspecified atom stereocenters. The van der Waals surface area contributed by atoms with Crippen LogP contribution >= 0.6 is 0 Å². The summed E-state index contributed by atoms with van der Waals surface area (Å²) in [6, 6.07) is 0. The topological polar surface area (TPSA) is 121 Å². The van der Waals surface area contributed by atoms with Crippen LogP contribution in [0.5, 0.6) is 0 Å². The average molecular weight is 305 g/mol. The van der Waals surface area contributed by atoms with Gasteiger partial charge in [0.2, 0.25) is 0 Å². The van der Waals surface area contributed by atoms with Crippen molar-refractivity contribution in [3.8, 4) is 0 Å². The van der Waals surface area contributed by atoms with Gasteiger partial charge < -0.3 is 30.0 Å². The summed E-state index contributed by atoms with van der Waals surface area (Å²) in [6.45, 7) is 2.27. The normalized spacial score (nSPS) is 11.7. The second-order valence-electron chi connectivity index (χ2n) is 1.99. The maximum Gasteiger partial charge on any atom is 1.00 e. The molecule has 0 aliphatic heterocycles. The van der Waals surface area contributed by atoms with Gasteiger partial charge in [-0.1, -0.05) is 0 Å². The van der Waals surface area contributed by atoms with Crippen molar-refractivity contribution in [2.75, 3.05) is 0 Å². The molecule has 6 nitrogen and oxygen atoms in total. The minimum atomic E-state index is -1.44. The summed E-state index contributed by atoms with van der Waals surface area (Å²) in [4.78, 5) is 18.7. The van der Waals surface area contributed by atoms with Gasteiger partial charge in [-0.25, -0.2) is 0 Å². The second-order valence-corrected chi connectivity index (χ2v) is 1.99. The zero-order valence-corrected chi connectivity index (χ0v) is 9.17. The summed E-state index contributed by atoms with van der Waals surface area (Å²) in [5.41, 5.74) is 0. The summed E-state index contributed by atoms with van der Waals surface area (Å²) in [6.07, 6.45) is -2.69. The Morgan fingerprint density at radius 2 is 1.00 bits per heavy atom. The first-order valence-corrected chi connectivity index (χ1v) is 3.06. The smallest absolute Gasteiger partial charge is 0.547 e. The van der Waals surface area contributed by atoms with E-state index in [-0.39, 0.29) is 34.1 Å². The maximum absolute atomic E-state index is 9.34. The zero-order chi connectivity index (χ0) is 10.3. The van der Waals surface area contributed by atoms with E-state index in [0.717, 1.165) is 13.8 Å². The molecule has 0 amide bonds. The summed E-state index contributed by atoms with van der Waals surface area (Å²) < 4.78 is 0. The van der Waals surface area contributed by atoms with Crippen LogP contribution in [-0.4, -0.2) is 34.4 Å². The number of aliphatic carboxylic acids is 2. The molecule has 0 rings (SSSR count). The standard InChI is InChI=1S/2C3H6O3.2Cu/c2*1-2(4)3(5)6;;/h2*2,4H,1H3,(H,5,6);;/q;;2*+1/p-2. The first kappa shape index (κ1) is 23.6. The van der Waals surface area contributed by atoms with Gasteiger partial charge in [0.15, 0.2) is 0 Å². The van der Waals surface area contributed by atoms with Gasteiger partial charge in [0.05, 0.1) is 24.1 Å². The summed E-state index contributed by atoms with van der Waals surface area (Å²) in [7, 11) is 0. The Balaban J connectivity index is -0.0000000625. The van der Waals surface area contributed by atoms with Crippen molar-refractivity contribution in [1.29, 1.82) is 0 Å². The Morgan fingerprint density at radius 1 is 0.929 bits per heavy atom. The molecule has 0 bridgehead atoms. The molecule has 0 saturated heterocycles. The van der Waals surface area contributed by atoms with Crippen LogP contribution in [0.3, 0.4) is 0 Å². The van der Waals surface area contributed by atoms with Crippen molar-refractivity contribution < 1.29 is 64.2 Å². The van der Waals surface area contributed by atoms with E-state index in [1.807, 2.05) is 0 Å². The Morgan fingerprint density at radius 3 is 1.00 bits per heavy atom. The van der Waals surface area contributed by atoms with Crippen molar-refractivity contribution in [3.05, 3.63) is 0 Å². The average Bonchev–Trinajstić information content (AvgIpc) is 1.88. The van der Waals surface area contributed by atoms with Crippen LogP contribution in [-0.2, 0) is 43.7 Å². The molecular formula is C6H10Cu2O6. The fourth-order valence-electron chi connectivity index (χ4n) is 0. The number of aliphatic hydroxyl groups excluding tert-OH is 2. The van der Waals surface area contributed by atoms with E-state index in [2.05, 4.69) is 0 Å². The predicted octanol–water partition coefficient (Wildman–Crippen LogP) is -3.77. The molecule has 0 aromatic heterocycles. The molecule has 14 heavy (non-hydrogen) atoms. The number of carbonyl (C=O) groups is 2. The van der Waals surface area contributed by atoms with Crippen molar-refractivity contribution in [2.45, 2.75) is 26.1 Å². The van der Waals surface area contributed by atoms with Crippen LogP contribution in [0, 0.1) is 0 Å². The van der Waals surface area contributed by atoms with E-state index in [4.69, 9.17) is 10.2 Å². The summed E-state index contributed by atoms with van der Waals surface area (Å²) >= 11 is 0. The Hall–Kier alpha value is -0.101. The number of hydrogen-bond donors (Lipinski definition) is 2. The van der Waals surface area contributed by atoms with Crippen LogP contribution in [0.4, 0.5) is 0 Å². The largest absolute Gasteiger partial charge is 1.00 e. The van der Waals surface area contributed by atoms with E-state index in [0.29, 0.717) is 0 Å². The van der Waals surface area contributed by atoms with Crippen molar-refractivity contribution in [1.82, 2.24) is 0 Å². The van der Waals surface area contributed by atoms with Gasteiger partial charge in [0.1, 0.15) is 0 Å². The summed E-state index contributed by atoms with van der Waals surface area (Å²) in [5, 5.41) is 34.6. The van der Waals surface area contributed by atoms with Gasteiger partial charge in [0, 0.05) is 0 Å². The molecule has 0 aliphatic rings. The SMILES string of the molecule is CC(O)C(=O)[O-].CC(O)C(=O)[O-].[Cu+].[Cu+]. The van der Waals surface area contributed by atoms with Crippen LogP contribution < -0.4 is 10.2 Å². The number of carbonyl (C=O) groups excluding carboxylic acids is 2. The number of hydrogen-bond acceptors (Lipinski definition) is 6. The monoisotopic (exact) mass is 304 g/mol. The van der Waals surface area contributed by atoms with Gasteiger partial charge >= 0.3 is 34.1 Å². The molecule has 2 N–H and O–H groups in total. The quantitative estimate of drug-likeness (QED) is 0.505. The molecule has 92 valence electrons. The number of aliphatic hydroxyl groups is 2. The molecule has 0 aliphatic carbocycles. The van der Waals surface area contributed by atoms with Gasteiger partial charge in [-0.15, -0.1) is 0 Å². The van der Waals surface area contributed by atoms with Crippen molar-refractivity contribution in [2.24, 2.45) is 0 Å². The van der Waals surface area contributed by atoms with Crippen molar-refractivity contribution >= 4 is 11.9 Å². The third kappa shape index (κ3) is 22.7. The number of carboxylic acids is 2. The minimum Gasteiger partial charge on any atom is -0.547 e. The third-order valence-electron chi connectivity index (χ3n) is 0.682. The fourth-order valence-corrected chi connectivity index (χ4v) is 0. The number of carboxylic acid groups (broad SMARTS) is 2. The Bertz CT molecular complexity index is 140. The Kier molecular flexibility index (Phi) is 21.7. The first-order chi connectivity index (χ1) is 5.29. The van der Waals surface area contributed by atoms with E-state index in [9.17, 15) is 19.8 Å². The molecule has 8 heteroatoms. The fraction of sp³-hybridized carbons (Fsp3) is 0.667. The molecule has 2 atom stereocenters. The Labute approximate surface area is 102 Å². The van der Waals surface area contributed by atoms with E-state index < -0.39 is 24.1 Å². The zero-order valence-electron chi connectivity index (χ0n) is 7.29. The van der Waals surface area contributed by atoms with Gasteiger partial charge in [-0.05, 0) is 13.8 Å². The van der Waals surface area contributed by atoms with Crippen LogP contribution in [0.15, 0.2) is 0 Å². The molecule has 0 aromatic carbocycles. The minimum absolute atomic E-state index is 0. The molecule has 0 fully saturated rings. The third-order valence-corrected chi connectivity index (χ3v) is 0.682. The number of rotatable bonds is 2. The molecule has 0 heterocycles. The van der Waals surface area contributed by atoms with Gasteiger partial charge in [0.25, 0.3) is 0 Å². The van der Waals surface area contributed by atoms with Crippen LogP contribution in [0.2, 0.25) is 0 Å². The predicted molar refractivity (Wildman–Crippen MR) is 33.4 cm³/mol. The van der Waals surface area contributed by atoms with Gasteiger partial charge in [-0.3, -0.25) is 0 Å². The van der Waals surface area contributed by atoms with E-state index in [1.165, 1.54) is 0 Å². The van der Waals surface area contributed by atoms with Crippen LogP contribution in [0.1, 0.15) is 13.8 Å². The van der Waals surface area contributed by atoms with E-state index >= 15 is 0 Å². The molecule has 0 aromatic rings. The van der Waals surface area contributed by atoms with Crippen LogP contribution in [0.25, 0.3) is 0 Å². The maximum atomic E-state index is 9.34. The van der Waals surface area contributed by atoms with Gasteiger partial charge in [-0.2, -0.15) is 0 Å². The molecular weight excluding hydrogens is 295 g/mol. The first-order valence-electron chi connectivity index (χ1n) is 3.06. The molecule has 0 radical (unpaired) electrons. The summed E-state index contributed by atoms with van der Waals surface area (Å²) in [5.74, 6) is -2.87. The van der Waals surface area contributed by atoms with E-state index in [1.54, 1.807) is 0 Å².